The lowest BCUT2D eigenvalue weighted by atomic mass is 10.1. The van der Waals surface area contributed by atoms with Crippen molar-refractivity contribution in [1.82, 2.24) is 19.7 Å². The highest BCUT2D eigenvalue weighted by atomic mass is 19.4. The number of ether oxygens (including phenoxy) is 2. The Bertz CT molecular complexity index is 1510. The molecule has 0 N–H and O–H groups in total. The van der Waals surface area contributed by atoms with Gasteiger partial charge in [-0.05, 0) is 36.8 Å². The topological polar surface area (TPSA) is 103 Å². The van der Waals surface area contributed by atoms with E-state index in [0.29, 0.717) is 16.8 Å². The number of nitriles is 1. The van der Waals surface area contributed by atoms with E-state index in [9.17, 15) is 18.0 Å². The van der Waals surface area contributed by atoms with Gasteiger partial charge in [-0.15, -0.1) is 10.2 Å². The first kappa shape index (κ1) is 24.4. The Balaban J connectivity index is 1.79. The molecular weight excluding hydrogens is 475 g/mol. The first-order valence-corrected chi connectivity index (χ1v) is 10.5. The number of hydrogen-bond acceptors (Lipinski definition) is 7. The zero-order valence-electron chi connectivity index (χ0n) is 19.1. The van der Waals surface area contributed by atoms with Gasteiger partial charge in [0.25, 0.3) is 5.56 Å². The molecule has 0 unspecified atom stereocenters. The van der Waals surface area contributed by atoms with Crippen molar-refractivity contribution in [2.75, 3.05) is 7.11 Å². The molecule has 0 aliphatic carbocycles. The van der Waals surface area contributed by atoms with Crippen molar-refractivity contribution in [2.24, 2.45) is 0 Å². The Kier molecular flexibility index (Phi) is 6.69. The van der Waals surface area contributed by atoms with Gasteiger partial charge in [-0.25, -0.2) is 4.98 Å². The fraction of sp³-hybridized carbons (Fsp3) is 0.160. The molecule has 0 atom stereocenters. The number of benzene rings is 2. The van der Waals surface area contributed by atoms with Crippen LogP contribution in [0.1, 0.15) is 22.4 Å². The molecule has 2 aromatic carbocycles. The lowest BCUT2D eigenvalue weighted by molar-refractivity contribution is -0.142. The largest absolute Gasteiger partial charge is 0.480 e. The van der Waals surface area contributed by atoms with Gasteiger partial charge in [-0.2, -0.15) is 18.4 Å². The maximum absolute atomic E-state index is 13.7. The first-order chi connectivity index (χ1) is 17.2. The summed E-state index contributed by atoms with van der Waals surface area (Å²) in [5.74, 6) is -1.01. The summed E-state index contributed by atoms with van der Waals surface area (Å²) in [6.45, 7) is 1.43. The van der Waals surface area contributed by atoms with Crippen LogP contribution < -0.4 is 15.0 Å². The number of alkyl halides is 3. The predicted octanol–water partition coefficient (Wildman–Crippen LogP) is 4.75. The molecule has 4 rings (SSSR count). The van der Waals surface area contributed by atoms with Gasteiger partial charge in [0.1, 0.15) is 5.75 Å². The van der Waals surface area contributed by atoms with Gasteiger partial charge in [0.2, 0.25) is 11.6 Å². The summed E-state index contributed by atoms with van der Waals surface area (Å²) in [4.78, 5) is 16.7. The second-order valence-corrected chi connectivity index (χ2v) is 7.73. The summed E-state index contributed by atoms with van der Waals surface area (Å²) < 4.78 is 52.7. The number of aryl methyl sites for hydroxylation is 1. The van der Waals surface area contributed by atoms with Crippen LogP contribution in [0.5, 0.6) is 17.4 Å². The van der Waals surface area contributed by atoms with Gasteiger partial charge in [0.15, 0.2) is 5.69 Å². The number of methoxy groups -OCH3 is 1. The summed E-state index contributed by atoms with van der Waals surface area (Å²) in [5, 5.41) is 17.3. The minimum Gasteiger partial charge on any atom is -0.480 e. The van der Waals surface area contributed by atoms with Gasteiger partial charge >= 0.3 is 6.18 Å². The molecule has 0 bridgehead atoms. The lowest BCUT2D eigenvalue weighted by Gasteiger charge is -2.16. The van der Waals surface area contributed by atoms with Crippen LogP contribution in [-0.4, -0.2) is 26.9 Å². The SMILES string of the molecule is COc1nnc(-c2ccccc2)cc1Cn1cnc(C(F)(F)F)c(Oc2cc(C)cc(C#N)c2)c1=O. The number of rotatable bonds is 6. The van der Waals surface area contributed by atoms with Crippen LogP contribution in [0, 0.1) is 18.3 Å². The van der Waals surface area contributed by atoms with Crippen molar-refractivity contribution >= 4 is 0 Å². The molecule has 0 amide bonds. The summed E-state index contributed by atoms with van der Waals surface area (Å²) >= 11 is 0. The summed E-state index contributed by atoms with van der Waals surface area (Å²) in [5.41, 5.74) is -0.177. The van der Waals surface area contributed by atoms with Crippen molar-refractivity contribution in [3.63, 3.8) is 0 Å². The minimum absolute atomic E-state index is 0.0942. The van der Waals surface area contributed by atoms with E-state index in [-0.39, 0.29) is 23.7 Å². The molecule has 0 saturated carbocycles. The van der Waals surface area contributed by atoms with Crippen LogP contribution in [0.15, 0.2) is 65.7 Å². The van der Waals surface area contributed by atoms with Crippen molar-refractivity contribution in [1.29, 1.82) is 5.26 Å². The zero-order valence-corrected chi connectivity index (χ0v) is 19.1. The molecule has 0 radical (unpaired) electrons. The molecule has 11 heteroatoms. The van der Waals surface area contributed by atoms with Gasteiger partial charge in [-0.3, -0.25) is 9.36 Å². The fourth-order valence-corrected chi connectivity index (χ4v) is 3.50. The third-order valence-corrected chi connectivity index (χ3v) is 5.10. The third kappa shape index (κ3) is 5.17. The maximum atomic E-state index is 13.7. The van der Waals surface area contributed by atoms with Crippen LogP contribution >= 0.6 is 0 Å². The van der Waals surface area contributed by atoms with E-state index in [1.165, 1.54) is 25.3 Å². The fourth-order valence-electron chi connectivity index (χ4n) is 3.50. The average Bonchev–Trinajstić information content (AvgIpc) is 2.85. The molecule has 4 aromatic rings. The molecule has 0 aliphatic rings. The molecule has 0 spiro atoms. The lowest BCUT2D eigenvalue weighted by Crippen LogP contribution is -2.27. The third-order valence-electron chi connectivity index (χ3n) is 5.10. The Morgan fingerprint density at radius 1 is 1.08 bits per heavy atom. The Labute approximate surface area is 203 Å². The maximum Gasteiger partial charge on any atom is 0.437 e. The first-order valence-electron chi connectivity index (χ1n) is 10.5. The van der Waals surface area contributed by atoms with Gasteiger partial charge in [-0.1, -0.05) is 30.3 Å². The molecule has 182 valence electrons. The van der Waals surface area contributed by atoms with E-state index in [1.54, 1.807) is 13.0 Å². The minimum atomic E-state index is -4.95. The van der Waals surface area contributed by atoms with Crippen molar-refractivity contribution in [3.8, 4) is 34.7 Å². The monoisotopic (exact) mass is 493 g/mol. The van der Waals surface area contributed by atoms with E-state index >= 15 is 0 Å². The summed E-state index contributed by atoms with van der Waals surface area (Å²) in [6, 6.07) is 16.8. The average molecular weight is 493 g/mol. The standard InChI is InChI=1S/C25H18F3N5O3/c1-15-8-16(12-29)10-19(9-15)36-21-22(25(26,27)28)30-14-33(24(21)34)13-18-11-20(31-32-23(18)35-2)17-6-4-3-5-7-17/h3-11,14H,13H2,1-2H3. The summed E-state index contributed by atoms with van der Waals surface area (Å²) in [6.07, 6.45) is -4.16. The van der Waals surface area contributed by atoms with Crippen molar-refractivity contribution < 1.29 is 22.6 Å². The molecule has 0 fully saturated rings. The molecular formula is C25H18F3N5O3. The van der Waals surface area contributed by atoms with Gasteiger partial charge < -0.3 is 9.47 Å². The second kappa shape index (κ2) is 9.87. The van der Waals surface area contributed by atoms with Crippen LogP contribution in [0.3, 0.4) is 0 Å². The Hall–Kier alpha value is -4.72. The van der Waals surface area contributed by atoms with E-state index in [0.717, 1.165) is 16.5 Å². The molecule has 8 nitrogen and oxygen atoms in total. The van der Waals surface area contributed by atoms with Crippen molar-refractivity contribution in [3.05, 3.63) is 93.7 Å². The quantitative estimate of drug-likeness (QED) is 0.382. The highest BCUT2D eigenvalue weighted by Gasteiger charge is 2.39. The predicted molar refractivity (Wildman–Crippen MR) is 123 cm³/mol. The normalized spacial score (nSPS) is 11.1. The van der Waals surface area contributed by atoms with Crippen LogP contribution in [0.25, 0.3) is 11.3 Å². The molecule has 0 saturated heterocycles. The van der Waals surface area contributed by atoms with Crippen LogP contribution in [0.2, 0.25) is 0 Å². The van der Waals surface area contributed by atoms with Gasteiger partial charge in [0.05, 0.1) is 37.3 Å². The molecule has 2 heterocycles. The number of hydrogen-bond donors (Lipinski definition) is 0. The number of halogens is 3. The Morgan fingerprint density at radius 2 is 1.83 bits per heavy atom. The summed E-state index contributed by atoms with van der Waals surface area (Å²) in [7, 11) is 1.36. The molecule has 2 aromatic heterocycles. The molecule has 0 aliphatic heterocycles. The second-order valence-electron chi connectivity index (χ2n) is 7.73. The Morgan fingerprint density at radius 3 is 2.50 bits per heavy atom. The number of nitrogens with zero attached hydrogens (tertiary/aromatic N) is 5. The van der Waals surface area contributed by atoms with Crippen molar-refractivity contribution in [2.45, 2.75) is 19.6 Å². The zero-order chi connectivity index (χ0) is 25.9. The highest BCUT2D eigenvalue weighted by molar-refractivity contribution is 5.59. The van der Waals surface area contributed by atoms with Crippen LogP contribution in [0.4, 0.5) is 13.2 Å². The van der Waals surface area contributed by atoms with E-state index in [2.05, 4.69) is 15.2 Å². The van der Waals surface area contributed by atoms with E-state index in [1.807, 2.05) is 36.4 Å². The smallest absolute Gasteiger partial charge is 0.437 e. The van der Waals surface area contributed by atoms with Gasteiger partial charge in [0, 0.05) is 11.1 Å². The molecule has 36 heavy (non-hydrogen) atoms. The van der Waals surface area contributed by atoms with E-state index in [4.69, 9.17) is 14.7 Å². The highest BCUT2D eigenvalue weighted by Crippen LogP contribution is 2.35. The van der Waals surface area contributed by atoms with Crippen LogP contribution in [-0.2, 0) is 12.7 Å². The number of aromatic nitrogens is 4. The van der Waals surface area contributed by atoms with E-state index < -0.39 is 23.2 Å².